The highest BCUT2D eigenvalue weighted by Gasteiger charge is 2.10. The summed E-state index contributed by atoms with van der Waals surface area (Å²) in [4.78, 5) is 0. The van der Waals surface area contributed by atoms with E-state index >= 15 is 0 Å². The Morgan fingerprint density at radius 3 is 2.67 bits per heavy atom. The molecule has 0 fully saturated rings. The second kappa shape index (κ2) is 3.38. The van der Waals surface area contributed by atoms with Crippen molar-refractivity contribution >= 4 is 5.69 Å². The predicted octanol–water partition coefficient (Wildman–Crippen LogP) is 1.95. The summed E-state index contributed by atoms with van der Waals surface area (Å²) in [5.74, 6) is -1.62. The van der Waals surface area contributed by atoms with Crippen LogP contribution in [0.3, 0.4) is 0 Å². The minimum Gasteiger partial charge on any atom is -0.491 e. The van der Waals surface area contributed by atoms with Crippen molar-refractivity contribution in [2.45, 2.75) is 6.92 Å². The molecule has 0 saturated carbocycles. The molecule has 0 radical (unpaired) electrons. The third-order valence-corrected chi connectivity index (χ3v) is 1.39. The van der Waals surface area contributed by atoms with E-state index < -0.39 is 17.3 Å². The molecule has 2 N–H and O–H groups in total. The summed E-state index contributed by atoms with van der Waals surface area (Å²) in [5, 5.41) is 0. The summed E-state index contributed by atoms with van der Waals surface area (Å²) in [6, 6.07) is 2.29. The van der Waals surface area contributed by atoms with E-state index in [2.05, 4.69) is 0 Å². The molecule has 0 aliphatic rings. The molecule has 0 aromatic heterocycles. The largest absolute Gasteiger partial charge is 0.491 e. The highest BCUT2D eigenvalue weighted by atomic mass is 19.1. The Morgan fingerprint density at radius 2 is 2.08 bits per heavy atom. The average Bonchev–Trinajstić information content (AvgIpc) is 2.07. The van der Waals surface area contributed by atoms with Crippen molar-refractivity contribution in [2.75, 3.05) is 12.3 Å². The highest BCUT2D eigenvalue weighted by Crippen LogP contribution is 2.24. The fraction of sp³-hybridized carbons (Fsp3) is 0.250. The van der Waals surface area contributed by atoms with Crippen molar-refractivity contribution in [1.29, 1.82) is 0 Å². The van der Waals surface area contributed by atoms with E-state index in [0.29, 0.717) is 6.61 Å². The van der Waals surface area contributed by atoms with E-state index in [1.807, 2.05) is 0 Å². The first-order valence-corrected chi connectivity index (χ1v) is 3.53. The van der Waals surface area contributed by atoms with Gasteiger partial charge in [-0.15, -0.1) is 0 Å². The van der Waals surface area contributed by atoms with Crippen LogP contribution in [0.1, 0.15) is 6.92 Å². The van der Waals surface area contributed by atoms with Gasteiger partial charge in [0.15, 0.2) is 11.6 Å². The zero-order valence-corrected chi connectivity index (χ0v) is 6.60. The molecule has 0 heterocycles. The maximum atomic E-state index is 13.0. The second-order valence-corrected chi connectivity index (χ2v) is 2.21. The molecule has 2 nitrogen and oxygen atoms in total. The minimum atomic E-state index is -0.836. The van der Waals surface area contributed by atoms with Gasteiger partial charge in [0.25, 0.3) is 0 Å². The van der Waals surface area contributed by atoms with Crippen LogP contribution in [0, 0.1) is 11.6 Å². The lowest BCUT2D eigenvalue weighted by Crippen LogP contribution is -2.00. The third-order valence-electron chi connectivity index (χ3n) is 1.39. The van der Waals surface area contributed by atoms with Gasteiger partial charge in [-0.2, -0.15) is 0 Å². The van der Waals surface area contributed by atoms with E-state index in [1.54, 1.807) is 6.92 Å². The predicted molar refractivity (Wildman–Crippen MR) is 41.9 cm³/mol. The number of nitrogen functional groups attached to an aromatic ring is 1. The molecule has 1 aromatic carbocycles. The fourth-order valence-corrected chi connectivity index (χ4v) is 0.816. The second-order valence-electron chi connectivity index (χ2n) is 2.21. The van der Waals surface area contributed by atoms with E-state index in [9.17, 15) is 8.78 Å². The molecule has 1 aromatic rings. The lowest BCUT2D eigenvalue weighted by Gasteiger charge is -2.05. The summed E-state index contributed by atoms with van der Waals surface area (Å²) >= 11 is 0. The van der Waals surface area contributed by atoms with Gasteiger partial charge >= 0.3 is 0 Å². The van der Waals surface area contributed by atoms with E-state index in [4.69, 9.17) is 10.5 Å². The number of hydrogen-bond acceptors (Lipinski definition) is 2. The Kier molecular flexibility index (Phi) is 2.47. The third kappa shape index (κ3) is 1.47. The monoisotopic (exact) mass is 173 g/mol. The van der Waals surface area contributed by atoms with Gasteiger partial charge in [-0.05, 0) is 19.1 Å². The van der Waals surface area contributed by atoms with E-state index in [-0.39, 0.29) is 5.75 Å². The normalized spacial score (nSPS) is 9.92. The zero-order chi connectivity index (χ0) is 9.14. The van der Waals surface area contributed by atoms with Crippen molar-refractivity contribution in [2.24, 2.45) is 0 Å². The average molecular weight is 173 g/mol. The Morgan fingerprint density at radius 1 is 1.42 bits per heavy atom. The lowest BCUT2D eigenvalue weighted by molar-refractivity contribution is 0.321. The molecule has 0 spiro atoms. The van der Waals surface area contributed by atoms with E-state index in [0.717, 1.165) is 6.07 Å². The van der Waals surface area contributed by atoms with Crippen LogP contribution in [0.15, 0.2) is 12.1 Å². The molecule has 0 atom stereocenters. The molecular formula is C8H9F2NO. The maximum absolute atomic E-state index is 13.0. The molecule has 66 valence electrons. The molecule has 0 saturated heterocycles. The number of ether oxygens (including phenoxy) is 1. The highest BCUT2D eigenvalue weighted by molar-refractivity contribution is 5.47. The van der Waals surface area contributed by atoms with Crippen molar-refractivity contribution < 1.29 is 13.5 Å². The first kappa shape index (κ1) is 8.77. The van der Waals surface area contributed by atoms with Gasteiger partial charge in [-0.25, -0.2) is 8.78 Å². The van der Waals surface area contributed by atoms with Crippen LogP contribution in [-0.2, 0) is 0 Å². The molecular weight excluding hydrogens is 164 g/mol. The zero-order valence-electron chi connectivity index (χ0n) is 6.60. The summed E-state index contributed by atoms with van der Waals surface area (Å²) in [6.45, 7) is 2.03. The van der Waals surface area contributed by atoms with Crippen LogP contribution in [0.4, 0.5) is 14.5 Å². The number of rotatable bonds is 2. The van der Waals surface area contributed by atoms with Gasteiger partial charge in [-0.3, -0.25) is 0 Å². The van der Waals surface area contributed by atoms with Crippen LogP contribution in [0.25, 0.3) is 0 Å². The van der Waals surface area contributed by atoms with Crippen molar-refractivity contribution in [1.82, 2.24) is 0 Å². The number of hydrogen-bond donors (Lipinski definition) is 1. The number of anilines is 1. The molecule has 0 aliphatic carbocycles. The number of nitrogens with two attached hydrogens (primary N) is 1. The summed E-state index contributed by atoms with van der Waals surface area (Å²) in [5.41, 5.74) is 4.58. The van der Waals surface area contributed by atoms with Gasteiger partial charge < -0.3 is 10.5 Å². The van der Waals surface area contributed by atoms with Crippen LogP contribution < -0.4 is 10.5 Å². The van der Waals surface area contributed by atoms with Crippen LogP contribution in [0.5, 0.6) is 5.75 Å². The first-order valence-electron chi connectivity index (χ1n) is 3.53. The number of halogens is 2. The number of benzene rings is 1. The summed E-state index contributed by atoms with van der Waals surface area (Å²) in [6.07, 6.45) is 0. The van der Waals surface area contributed by atoms with Gasteiger partial charge in [0, 0.05) is 0 Å². The van der Waals surface area contributed by atoms with Crippen molar-refractivity contribution in [3.8, 4) is 5.75 Å². The lowest BCUT2D eigenvalue weighted by atomic mass is 10.3. The topological polar surface area (TPSA) is 35.2 Å². The van der Waals surface area contributed by atoms with Gasteiger partial charge in [0.2, 0.25) is 0 Å². The molecule has 0 amide bonds. The molecule has 0 bridgehead atoms. The molecule has 1 rings (SSSR count). The summed E-state index contributed by atoms with van der Waals surface area (Å²) in [7, 11) is 0. The quantitative estimate of drug-likeness (QED) is 0.693. The van der Waals surface area contributed by atoms with Crippen LogP contribution in [-0.4, -0.2) is 6.61 Å². The van der Waals surface area contributed by atoms with Crippen molar-refractivity contribution in [3.05, 3.63) is 23.8 Å². The Labute approximate surface area is 68.9 Å². The standard InChI is InChI=1S/C8H9F2NO/c1-2-12-6-4-3-5(9)8(11)7(6)10/h3-4H,2,11H2,1H3. The van der Waals surface area contributed by atoms with Crippen LogP contribution >= 0.6 is 0 Å². The van der Waals surface area contributed by atoms with Gasteiger partial charge in [-0.1, -0.05) is 0 Å². The minimum absolute atomic E-state index is 0.0172. The van der Waals surface area contributed by atoms with Gasteiger partial charge in [0.05, 0.1) is 6.61 Å². The smallest absolute Gasteiger partial charge is 0.190 e. The molecule has 0 unspecified atom stereocenters. The SMILES string of the molecule is CCOc1ccc(F)c(N)c1F. The maximum Gasteiger partial charge on any atom is 0.190 e. The van der Waals surface area contributed by atoms with Crippen LogP contribution in [0.2, 0.25) is 0 Å². The Hall–Kier alpha value is -1.32. The molecule has 0 aliphatic heterocycles. The van der Waals surface area contributed by atoms with E-state index in [1.165, 1.54) is 6.07 Å². The molecule has 12 heavy (non-hydrogen) atoms. The van der Waals surface area contributed by atoms with Crippen molar-refractivity contribution in [3.63, 3.8) is 0 Å². The van der Waals surface area contributed by atoms with Gasteiger partial charge in [0.1, 0.15) is 11.5 Å². The Balaban J connectivity index is 3.08. The summed E-state index contributed by atoms with van der Waals surface area (Å²) < 4.78 is 30.4. The first-order chi connectivity index (χ1) is 5.66. The molecule has 4 heteroatoms. The Bertz CT molecular complexity index is 289. The fourth-order valence-electron chi connectivity index (χ4n) is 0.816.